The number of anilines is 1. The number of aryl methyl sites for hydroxylation is 1. The predicted octanol–water partition coefficient (Wildman–Crippen LogP) is 3.16. The van der Waals surface area contributed by atoms with Crippen molar-refractivity contribution in [1.29, 1.82) is 0 Å². The summed E-state index contributed by atoms with van der Waals surface area (Å²) in [6.45, 7) is 2.00. The maximum atomic E-state index is 9.71. The van der Waals surface area contributed by atoms with E-state index < -0.39 is 0 Å². The fourth-order valence-corrected chi connectivity index (χ4v) is 1.63. The Morgan fingerprint density at radius 3 is 2.74 bits per heavy atom. The summed E-state index contributed by atoms with van der Waals surface area (Å²) in [4.78, 5) is 0. The Labute approximate surface area is 112 Å². The number of para-hydroxylation sites is 1. The van der Waals surface area contributed by atoms with Gasteiger partial charge in [0.2, 0.25) is 0 Å². The number of phenolic OH excluding ortho intramolecular Hbond substituents is 1. The van der Waals surface area contributed by atoms with Crippen molar-refractivity contribution in [2.24, 2.45) is 5.10 Å². The molecule has 0 radical (unpaired) electrons. The Kier molecular flexibility index (Phi) is 4.03. The van der Waals surface area contributed by atoms with Crippen LogP contribution in [0.5, 0.6) is 11.5 Å². The third-order valence-corrected chi connectivity index (χ3v) is 2.77. The van der Waals surface area contributed by atoms with Gasteiger partial charge in [-0.2, -0.15) is 5.10 Å². The number of hydrogen-bond acceptors (Lipinski definition) is 4. The van der Waals surface area contributed by atoms with E-state index in [1.54, 1.807) is 31.5 Å². The van der Waals surface area contributed by atoms with Gasteiger partial charge in [-0.1, -0.05) is 18.2 Å². The third kappa shape index (κ3) is 3.25. The number of rotatable bonds is 4. The van der Waals surface area contributed by atoms with Crippen LogP contribution in [0.3, 0.4) is 0 Å². The lowest BCUT2D eigenvalue weighted by Gasteiger charge is -2.05. The second kappa shape index (κ2) is 5.91. The Morgan fingerprint density at radius 1 is 1.21 bits per heavy atom. The first kappa shape index (κ1) is 13.0. The summed E-state index contributed by atoms with van der Waals surface area (Å²) < 4.78 is 5.10. The van der Waals surface area contributed by atoms with Gasteiger partial charge in [0.05, 0.1) is 19.0 Å². The van der Waals surface area contributed by atoms with Gasteiger partial charge in [-0.05, 0) is 36.8 Å². The predicted molar refractivity (Wildman–Crippen MR) is 77.1 cm³/mol. The second-order valence-electron chi connectivity index (χ2n) is 4.11. The average molecular weight is 256 g/mol. The molecule has 0 aliphatic heterocycles. The van der Waals surface area contributed by atoms with Crippen LogP contribution in [0.25, 0.3) is 0 Å². The molecule has 0 aromatic heterocycles. The van der Waals surface area contributed by atoms with E-state index in [2.05, 4.69) is 10.5 Å². The van der Waals surface area contributed by atoms with E-state index in [1.165, 1.54) is 0 Å². The smallest absolute Gasteiger partial charge is 0.124 e. The van der Waals surface area contributed by atoms with E-state index in [1.807, 2.05) is 31.2 Å². The molecule has 0 unspecified atom stereocenters. The van der Waals surface area contributed by atoms with E-state index in [0.717, 1.165) is 11.3 Å². The third-order valence-electron chi connectivity index (χ3n) is 2.77. The van der Waals surface area contributed by atoms with Crippen molar-refractivity contribution >= 4 is 11.9 Å². The molecule has 0 aliphatic carbocycles. The fourth-order valence-electron chi connectivity index (χ4n) is 1.63. The molecule has 2 N–H and O–H groups in total. The maximum Gasteiger partial charge on any atom is 0.124 e. The molecular formula is C15H16N2O2. The number of nitrogens with one attached hydrogen (secondary N) is 1. The van der Waals surface area contributed by atoms with Gasteiger partial charge >= 0.3 is 0 Å². The van der Waals surface area contributed by atoms with Crippen LogP contribution in [0.15, 0.2) is 47.6 Å². The Hall–Kier alpha value is -2.49. The Bertz CT molecular complexity index is 594. The van der Waals surface area contributed by atoms with Gasteiger partial charge in [-0.25, -0.2) is 0 Å². The number of aromatic hydroxyl groups is 1. The van der Waals surface area contributed by atoms with Crippen LogP contribution < -0.4 is 10.2 Å². The normalized spacial score (nSPS) is 10.6. The van der Waals surface area contributed by atoms with Crippen LogP contribution in [0.4, 0.5) is 5.69 Å². The highest BCUT2D eigenvalue weighted by Gasteiger charge is 2.00. The Balaban J connectivity index is 2.13. The molecule has 4 heteroatoms. The summed E-state index contributed by atoms with van der Waals surface area (Å²) in [6, 6.07) is 12.8. The summed E-state index contributed by atoms with van der Waals surface area (Å²) in [7, 11) is 1.58. The van der Waals surface area contributed by atoms with E-state index >= 15 is 0 Å². The first-order valence-corrected chi connectivity index (χ1v) is 5.92. The van der Waals surface area contributed by atoms with Gasteiger partial charge < -0.3 is 9.84 Å². The minimum atomic E-state index is 0.163. The molecule has 2 aromatic carbocycles. The molecule has 0 atom stereocenters. The van der Waals surface area contributed by atoms with Gasteiger partial charge in [-0.3, -0.25) is 5.43 Å². The van der Waals surface area contributed by atoms with E-state index in [4.69, 9.17) is 4.74 Å². The van der Waals surface area contributed by atoms with Gasteiger partial charge in [0.1, 0.15) is 11.5 Å². The van der Waals surface area contributed by atoms with Gasteiger partial charge in [0.15, 0.2) is 0 Å². The standard InChI is InChI=1S/C15H16N2O2/c1-11-5-3-4-6-14(11)17-16-10-12-9-13(19-2)7-8-15(12)18/h3-10,17-18H,1-2H3/b16-10+. The van der Waals surface area contributed by atoms with Gasteiger partial charge in [-0.15, -0.1) is 0 Å². The molecule has 98 valence electrons. The van der Waals surface area contributed by atoms with E-state index in [0.29, 0.717) is 11.3 Å². The first-order valence-electron chi connectivity index (χ1n) is 5.92. The molecule has 2 aromatic rings. The lowest BCUT2D eigenvalue weighted by Crippen LogP contribution is -1.93. The molecule has 0 aliphatic rings. The van der Waals surface area contributed by atoms with Crippen molar-refractivity contribution in [2.75, 3.05) is 12.5 Å². The van der Waals surface area contributed by atoms with Crippen LogP contribution in [0.1, 0.15) is 11.1 Å². The number of hydrogen-bond donors (Lipinski definition) is 2. The number of nitrogens with zero attached hydrogens (tertiary/aromatic N) is 1. The highest BCUT2D eigenvalue weighted by Crippen LogP contribution is 2.21. The molecule has 4 nitrogen and oxygen atoms in total. The van der Waals surface area contributed by atoms with Crippen molar-refractivity contribution in [1.82, 2.24) is 0 Å². The molecule has 0 saturated heterocycles. The average Bonchev–Trinajstić information content (AvgIpc) is 2.43. The summed E-state index contributed by atoms with van der Waals surface area (Å²) in [6.07, 6.45) is 1.56. The van der Waals surface area contributed by atoms with Crippen molar-refractivity contribution in [3.8, 4) is 11.5 Å². The van der Waals surface area contributed by atoms with Crippen molar-refractivity contribution in [2.45, 2.75) is 6.92 Å². The minimum Gasteiger partial charge on any atom is -0.507 e. The molecule has 19 heavy (non-hydrogen) atoms. The van der Waals surface area contributed by atoms with Crippen LogP contribution in [0, 0.1) is 6.92 Å². The zero-order valence-electron chi connectivity index (χ0n) is 10.9. The number of methoxy groups -OCH3 is 1. The summed E-state index contributed by atoms with van der Waals surface area (Å²) >= 11 is 0. The second-order valence-corrected chi connectivity index (χ2v) is 4.11. The number of hydrazone groups is 1. The summed E-state index contributed by atoms with van der Waals surface area (Å²) in [5.74, 6) is 0.839. The van der Waals surface area contributed by atoms with Crippen molar-refractivity contribution in [3.05, 3.63) is 53.6 Å². The fraction of sp³-hybridized carbons (Fsp3) is 0.133. The zero-order chi connectivity index (χ0) is 13.7. The lowest BCUT2D eigenvalue weighted by molar-refractivity contribution is 0.412. The molecule has 0 spiro atoms. The molecule has 0 heterocycles. The molecule has 0 bridgehead atoms. The van der Waals surface area contributed by atoms with Crippen LogP contribution in [-0.4, -0.2) is 18.4 Å². The number of phenols is 1. The van der Waals surface area contributed by atoms with Crippen LogP contribution >= 0.6 is 0 Å². The van der Waals surface area contributed by atoms with E-state index in [9.17, 15) is 5.11 Å². The SMILES string of the molecule is COc1ccc(O)c(/C=N/Nc2ccccc2C)c1. The molecule has 0 amide bonds. The van der Waals surface area contributed by atoms with E-state index in [-0.39, 0.29) is 5.75 Å². The lowest BCUT2D eigenvalue weighted by atomic mass is 10.2. The molecule has 0 saturated carbocycles. The summed E-state index contributed by atoms with van der Waals surface area (Å²) in [5, 5.41) is 13.8. The van der Waals surface area contributed by atoms with Crippen molar-refractivity contribution < 1.29 is 9.84 Å². The minimum absolute atomic E-state index is 0.163. The van der Waals surface area contributed by atoms with Crippen LogP contribution in [-0.2, 0) is 0 Å². The largest absolute Gasteiger partial charge is 0.507 e. The zero-order valence-corrected chi connectivity index (χ0v) is 10.9. The number of benzene rings is 2. The topological polar surface area (TPSA) is 53.9 Å². The quantitative estimate of drug-likeness (QED) is 0.652. The van der Waals surface area contributed by atoms with Crippen molar-refractivity contribution in [3.63, 3.8) is 0 Å². The maximum absolute atomic E-state index is 9.71. The monoisotopic (exact) mass is 256 g/mol. The highest BCUT2D eigenvalue weighted by atomic mass is 16.5. The number of ether oxygens (including phenoxy) is 1. The molecule has 2 rings (SSSR count). The van der Waals surface area contributed by atoms with Gasteiger partial charge in [0, 0.05) is 5.56 Å². The first-order chi connectivity index (χ1) is 9.20. The summed E-state index contributed by atoms with van der Waals surface area (Å²) in [5.41, 5.74) is 5.58. The molecule has 0 fully saturated rings. The van der Waals surface area contributed by atoms with Gasteiger partial charge in [0.25, 0.3) is 0 Å². The highest BCUT2D eigenvalue weighted by molar-refractivity contribution is 5.84. The Morgan fingerprint density at radius 2 is 2.00 bits per heavy atom. The van der Waals surface area contributed by atoms with Crippen LogP contribution in [0.2, 0.25) is 0 Å². The molecular weight excluding hydrogens is 240 g/mol.